The standard InChI is InChI=1S/C19H21N3O2/c23-18(22-12-4-5-13-22)14-15-8-10-17(11-9-15)21-19(24)20-16-6-2-1-3-7-16/h1-3,6-11H,4-5,12-14H2,(H2,20,21,24). The number of hydrogen-bond acceptors (Lipinski definition) is 2. The highest BCUT2D eigenvalue weighted by Gasteiger charge is 2.17. The van der Waals surface area contributed by atoms with Crippen LogP contribution in [0.3, 0.4) is 0 Å². The Balaban J connectivity index is 1.52. The average Bonchev–Trinajstić information content (AvgIpc) is 3.12. The van der Waals surface area contributed by atoms with Crippen molar-refractivity contribution in [1.29, 1.82) is 0 Å². The van der Waals surface area contributed by atoms with Gasteiger partial charge in [-0.05, 0) is 42.7 Å². The highest BCUT2D eigenvalue weighted by molar-refractivity contribution is 5.99. The maximum atomic E-state index is 12.1. The average molecular weight is 323 g/mol. The third-order valence-electron chi connectivity index (χ3n) is 4.06. The Morgan fingerprint density at radius 2 is 1.42 bits per heavy atom. The molecule has 1 saturated heterocycles. The van der Waals surface area contributed by atoms with Gasteiger partial charge in [-0.2, -0.15) is 0 Å². The monoisotopic (exact) mass is 323 g/mol. The molecule has 0 saturated carbocycles. The fourth-order valence-electron chi connectivity index (χ4n) is 2.77. The molecule has 2 N–H and O–H groups in total. The quantitative estimate of drug-likeness (QED) is 0.904. The van der Waals surface area contributed by atoms with Crippen molar-refractivity contribution in [3.63, 3.8) is 0 Å². The molecular formula is C19H21N3O2. The van der Waals surface area contributed by atoms with Gasteiger partial charge in [-0.25, -0.2) is 4.79 Å². The number of rotatable bonds is 4. The summed E-state index contributed by atoms with van der Waals surface area (Å²) in [5, 5.41) is 5.54. The second-order valence-electron chi connectivity index (χ2n) is 5.91. The topological polar surface area (TPSA) is 61.4 Å². The van der Waals surface area contributed by atoms with E-state index in [1.54, 1.807) is 0 Å². The maximum absolute atomic E-state index is 12.1. The lowest BCUT2D eigenvalue weighted by atomic mass is 10.1. The maximum Gasteiger partial charge on any atom is 0.323 e. The van der Waals surface area contributed by atoms with Gasteiger partial charge in [-0.1, -0.05) is 30.3 Å². The number of carbonyl (C=O) groups is 2. The molecule has 0 atom stereocenters. The van der Waals surface area contributed by atoms with Gasteiger partial charge in [-0.3, -0.25) is 4.79 Å². The first kappa shape index (κ1) is 16.1. The molecule has 5 heteroatoms. The van der Waals surface area contributed by atoms with Crippen LogP contribution < -0.4 is 10.6 Å². The molecule has 1 fully saturated rings. The number of benzene rings is 2. The predicted molar refractivity (Wildman–Crippen MR) is 95.0 cm³/mol. The van der Waals surface area contributed by atoms with E-state index in [1.807, 2.05) is 59.5 Å². The summed E-state index contributed by atoms with van der Waals surface area (Å²) in [6, 6.07) is 16.4. The molecule has 0 spiro atoms. The number of anilines is 2. The first-order chi connectivity index (χ1) is 11.7. The van der Waals surface area contributed by atoms with Crippen molar-refractivity contribution in [1.82, 2.24) is 4.90 Å². The fourth-order valence-corrected chi connectivity index (χ4v) is 2.77. The van der Waals surface area contributed by atoms with Gasteiger partial charge in [0.25, 0.3) is 0 Å². The van der Waals surface area contributed by atoms with Gasteiger partial charge in [0.05, 0.1) is 6.42 Å². The lowest BCUT2D eigenvalue weighted by Gasteiger charge is -2.15. The van der Waals surface area contributed by atoms with Crippen molar-refractivity contribution in [3.05, 3.63) is 60.2 Å². The van der Waals surface area contributed by atoms with Crippen LogP contribution in [0.25, 0.3) is 0 Å². The van der Waals surface area contributed by atoms with E-state index in [2.05, 4.69) is 10.6 Å². The second kappa shape index (κ2) is 7.64. The number of carbonyl (C=O) groups excluding carboxylic acids is 2. The molecule has 0 unspecified atom stereocenters. The smallest absolute Gasteiger partial charge is 0.323 e. The molecule has 1 heterocycles. The highest BCUT2D eigenvalue weighted by atomic mass is 16.2. The summed E-state index contributed by atoms with van der Waals surface area (Å²) in [6.07, 6.45) is 2.62. The first-order valence-electron chi connectivity index (χ1n) is 8.20. The summed E-state index contributed by atoms with van der Waals surface area (Å²) in [5.74, 6) is 0.176. The Bertz CT molecular complexity index is 692. The summed E-state index contributed by atoms with van der Waals surface area (Å²) in [4.78, 5) is 26.0. The summed E-state index contributed by atoms with van der Waals surface area (Å²) >= 11 is 0. The number of urea groups is 1. The predicted octanol–water partition coefficient (Wildman–Crippen LogP) is 3.50. The number of likely N-dealkylation sites (tertiary alicyclic amines) is 1. The fraction of sp³-hybridized carbons (Fsp3) is 0.263. The molecule has 2 aromatic rings. The number of nitrogens with one attached hydrogen (secondary N) is 2. The molecule has 24 heavy (non-hydrogen) atoms. The Kier molecular flexibility index (Phi) is 5.11. The largest absolute Gasteiger partial charge is 0.342 e. The van der Waals surface area contributed by atoms with E-state index in [1.165, 1.54) is 0 Å². The van der Waals surface area contributed by atoms with E-state index in [-0.39, 0.29) is 11.9 Å². The van der Waals surface area contributed by atoms with E-state index in [9.17, 15) is 9.59 Å². The van der Waals surface area contributed by atoms with Crippen molar-refractivity contribution in [2.24, 2.45) is 0 Å². The Labute approximate surface area is 141 Å². The summed E-state index contributed by atoms with van der Waals surface area (Å²) in [6.45, 7) is 1.75. The third kappa shape index (κ3) is 4.35. The van der Waals surface area contributed by atoms with Crippen LogP contribution >= 0.6 is 0 Å². The van der Waals surface area contributed by atoms with Crippen LogP contribution in [0.2, 0.25) is 0 Å². The molecule has 5 nitrogen and oxygen atoms in total. The Morgan fingerprint density at radius 3 is 2.04 bits per heavy atom. The van der Waals surface area contributed by atoms with Gasteiger partial charge in [0.15, 0.2) is 0 Å². The summed E-state index contributed by atoms with van der Waals surface area (Å²) in [5.41, 5.74) is 2.39. The zero-order valence-corrected chi connectivity index (χ0v) is 13.5. The molecular weight excluding hydrogens is 302 g/mol. The zero-order chi connectivity index (χ0) is 16.8. The molecule has 3 rings (SSSR count). The van der Waals surface area contributed by atoms with Gasteiger partial charge < -0.3 is 15.5 Å². The van der Waals surface area contributed by atoms with Crippen molar-refractivity contribution >= 4 is 23.3 Å². The normalized spacial score (nSPS) is 13.6. The van der Waals surface area contributed by atoms with E-state index >= 15 is 0 Å². The van der Waals surface area contributed by atoms with Crippen molar-refractivity contribution in [2.75, 3.05) is 23.7 Å². The van der Waals surface area contributed by atoms with Crippen LogP contribution in [0.4, 0.5) is 16.2 Å². The van der Waals surface area contributed by atoms with E-state index in [0.717, 1.165) is 37.2 Å². The molecule has 3 amide bonds. The minimum atomic E-state index is -0.290. The van der Waals surface area contributed by atoms with Gasteiger partial charge >= 0.3 is 6.03 Å². The summed E-state index contributed by atoms with van der Waals surface area (Å²) < 4.78 is 0. The van der Waals surface area contributed by atoms with E-state index in [0.29, 0.717) is 12.1 Å². The molecule has 124 valence electrons. The van der Waals surface area contributed by atoms with Crippen LogP contribution in [0.5, 0.6) is 0 Å². The van der Waals surface area contributed by atoms with Crippen LogP contribution in [-0.4, -0.2) is 29.9 Å². The van der Waals surface area contributed by atoms with Crippen LogP contribution in [0.1, 0.15) is 18.4 Å². The minimum Gasteiger partial charge on any atom is -0.342 e. The number of para-hydroxylation sites is 1. The van der Waals surface area contributed by atoms with Crippen LogP contribution in [0, 0.1) is 0 Å². The van der Waals surface area contributed by atoms with Crippen LogP contribution in [0.15, 0.2) is 54.6 Å². The molecule has 0 bridgehead atoms. The lowest BCUT2D eigenvalue weighted by molar-refractivity contribution is -0.129. The van der Waals surface area contributed by atoms with Gasteiger partial charge in [0, 0.05) is 24.5 Å². The van der Waals surface area contributed by atoms with E-state index in [4.69, 9.17) is 0 Å². The van der Waals surface area contributed by atoms with Gasteiger partial charge in [-0.15, -0.1) is 0 Å². The third-order valence-corrected chi connectivity index (χ3v) is 4.06. The van der Waals surface area contributed by atoms with Crippen molar-refractivity contribution in [2.45, 2.75) is 19.3 Å². The molecule has 2 aromatic carbocycles. The van der Waals surface area contributed by atoms with Crippen LogP contribution in [-0.2, 0) is 11.2 Å². The molecule has 0 aliphatic carbocycles. The Hall–Kier alpha value is -2.82. The van der Waals surface area contributed by atoms with Crippen molar-refractivity contribution in [3.8, 4) is 0 Å². The second-order valence-corrected chi connectivity index (χ2v) is 5.91. The zero-order valence-electron chi connectivity index (χ0n) is 13.5. The first-order valence-corrected chi connectivity index (χ1v) is 8.20. The summed E-state index contributed by atoms with van der Waals surface area (Å²) in [7, 11) is 0. The lowest BCUT2D eigenvalue weighted by Crippen LogP contribution is -2.29. The molecule has 1 aliphatic rings. The number of hydrogen-bond donors (Lipinski definition) is 2. The molecule has 0 aromatic heterocycles. The SMILES string of the molecule is O=C(Nc1ccccc1)Nc1ccc(CC(=O)N2CCCC2)cc1. The molecule has 0 radical (unpaired) electrons. The van der Waals surface area contributed by atoms with Gasteiger partial charge in [0.2, 0.25) is 5.91 Å². The minimum absolute atomic E-state index is 0.176. The number of amides is 3. The Morgan fingerprint density at radius 1 is 0.833 bits per heavy atom. The van der Waals surface area contributed by atoms with Crippen molar-refractivity contribution < 1.29 is 9.59 Å². The molecule has 1 aliphatic heterocycles. The highest BCUT2D eigenvalue weighted by Crippen LogP contribution is 2.14. The van der Waals surface area contributed by atoms with Gasteiger partial charge in [0.1, 0.15) is 0 Å². The number of nitrogens with zero attached hydrogens (tertiary/aromatic N) is 1. The van der Waals surface area contributed by atoms with E-state index < -0.39 is 0 Å².